The van der Waals surface area contributed by atoms with Gasteiger partial charge < -0.3 is 35.4 Å². The summed E-state index contributed by atoms with van der Waals surface area (Å²) in [4.78, 5) is 10.9. The summed E-state index contributed by atoms with van der Waals surface area (Å²) >= 11 is 0. The van der Waals surface area contributed by atoms with Crippen LogP contribution in [0.15, 0.2) is 0 Å². The fourth-order valence-corrected chi connectivity index (χ4v) is 1.91. The number of aliphatic carboxylic acids is 1. The molecule has 1 rings (SSSR count). The lowest BCUT2D eigenvalue weighted by molar-refractivity contribution is -0.302. The first-order valence-corrected chi connectivity index (χ1v) is 5.51. The van der Waals surface area contributed by atoms with Crippen molar-refractivity contribution in [2.24, 2.45) is 5.92 Å². The van der Waals surface area contributed by atoms with Crippen molar-refractivity contribution in [1.29, 1.82) is 0 Å². The number of carbonyl (C=O) groups is 1. The maximum Gasteiger partial charge on any atom is 0.364 e. The highest BCUT2D eigenvalue weighted by atomic mass is 16.7. The van der Waals surface area contributed by atoms with Crippen LogP contribution in [-0.4, -0.2) is 73.4 Å². The standard InChI is InChI=1S/C10H18O8/c1-4-5(12)2-10(17,9(15)16)18-8(4)7(14)6(13)3-11/h4-8,11-14,17H,2-3H2,1H3,(H,15,16)/t4-,5-,6+,7-,8-,10+/m1/s1. The molecule has 8 nitrogen and oxygen atoms in total. The van der Waals surface area contributed by atoms with Gasteiger partial charge in [0.25, 0.3) is 5.79 Å². The molecule has 0 aromatic heterocycles. The molecular formula is C10H18O8. The third kappa shape index (κ3) is 2.79. The zero-order chi connectivity index (χ0) is 14.1. The molecule has 0 aromatic carbocycles. The number of hydrogen-bond acceptors (Lipinski definition) is 7. The topological polar surface area (TPSA) is 148 Å². The largest absolute Gasteiger partial charge is 0.477 e. The maximum absolute atomic E-state index is 10.9. The summed E-state index contributed by atoms with van der Waals surface area (Å²) in [5.74, 6) is -5.02. The monoisotopic (exact) mass is 266 g/mol. The molecule has 1 fully saturated rings. The molecule has 6 atom stereocenters. The number of rotatable bonds is 4. The van der Waals surface area contributed by atoms with Crippen LogP contribution in [0.1, 0.15) is 13.3 Å². The van der Waals surface area contributed by atoms with Crippen molar-refractivity contribution in [2.75, 3.05) is 6.61 Å². The van der Waals surface area contributed by atoms with Gasteiger partial charge in [0.2, 0.25) is 0 Å². The molecule has 0 unspecified atom stereocenters. The van der Waals surface area contributed by atoms with Crippen molar-refractivity contribution >= 4 is 5.97 Å². The van der Waals surface area contributed by atoms with Crippen LogP contribution in [0, 0.1) is 5.92 Å². The van der Waals surface area contributed by atoms with E-state index in [0.717, 1.165) is 0 Å². The van der Waals surface area contributed by atoms with Gasteiger partial charge >= 0.3 is 5.97 Å². The van der Waals surface area contributed by atoms with Gasteiger partial charge in [-0.1, -0.05) is 6.92 Å². The number of aliphatic hydroxyl groups excluding tert-OH is 4. The van der Waals surface area contributed by atoms with Gasteiger partial charge in [0.15, 0.2) is 0 Å². The van der Waals surface area contributed by atoms with Gasteiger partial charge in [-0.25, -0.2) is 4.79 Å². The number of ether oxygens (including phenoxy) is 1. The van der Waals surface area contributed by atoms with E-state index in [9.17, 15) is 25.2 Å². The third-order valence-electron chi connectivity index (χ3n) is 3.19. The van der Waals surface area contributed by atoms with Crippen molar-refractivity contribution in [1.82, 2.24) is 0 Å². The van der Waals surface area contributed by atoms with Crippen LogP contribution < -0.4 is 0 Å². The van der Waals surface area contributed by atoms with Gasteiger partial charge in [0.1, 0.15) is 12.2 Å². The molecule has 1 aliphatic heterocycles. The molecule has 0 aromatic rings. The molecule has 1 saturated heterocycles. The molecule has 6 N–H and O–H groups in total. The molecule has 0 saturated carbocycles. The first kappa shape index (κ1) is 15.3. The molecule has 1 heterocycles. The minimum absolute atomic E-state index is 0.540. The molecule has 0 bridgehead atoms. The molecule has 0 aliphatic carbocycles. The summed E-state index contributed by atoms with van der Waals surface area (Å²) in [7, 11) is 0. The Morgan fingerprint density at radius 2 is 2.06 bits per heavy atom. The minimum atomic E-state index is -2.62. The van der Waals surface area contributed by atoms with Gasteiger partial charge in [-0.15, -0.1) is 0 Å². The SMILES string of the molecule is C[C@H]1[C@H]([C@H](O)[C@@H](O)CO)O[C@](O)(C(=O)O)C[C@H]1O. The summed E-state index contributed by atoms with van der Waals surface area (Å²) in [6, 6.07) is 0. The van der Waals surface area contributed by atoms with Gasteiger partial charge in [0, 0.05) is 12.3 Å². The Hall–Kier alpha value is -0.770. The zero-order valence-corrected chi connectivity index (χ0v) is 9.80. The van der Waals surface area contributed by atoms with E-state index >= 15 is 0 Å². The molecule has 0 amide bonds. The van der Waals surface area contributed by atoms with Crippen molar-refractivity contribution in [3.8, 4) is 0 Å². The van der Waals surface area contributed by atoms with E-state index in [1.54, 1.807) is 0 Å². The van der Waals surface area contributed by atoms with E-state index in [2.05, 4.69) is 0 Å². The van der Waals surface area contributed by atoms with E-state index < -0.39 is 55.1 Å². The van der Waals surface area contributed by atoms with Crippen molar-refractivity contribution in [3.05, 3.63) is 0 Å². The smallest absolute Gasteiger partial charge is 0.364 e. The Bertz CT molecular complexity index is 308. The number of carboxylic acid groups (broad SMARTS) is 1. The summed E-state index contributed by atoms with van der Waals surface area (Å²) in [6.45, 7) is 0.722. The van der Waals surface area contributed by atoms with Gasteiger partial charge in [-0.2, -0.15) is 0 Å². The van der Waals surface area contributed by atoms with Crippen LogP contribution >= 0.6 is 0 Å². The van der Waals surface area contributed by atoms with Crippen LogP contribution in [0.25, 0.3) is 0 Å². The first-order valence-electron chi connectivity index (χ1n) is 5.51. The first-order chi connectivity index (χ1) is 8.23. The summed E-state index contributed by atoms with van der Waals surface area (Å²) in [6.07, 6.45) is -6.24. The maximum atomic E-state index is 10.9. The number of carboxylic acids is 1. The number of aliphatic hydroxyl groups is 5. The highest BCUT2D eigenvalue weighted by Crippen LogP contribution is 2.33. The average Bonchev–Trinajstić information content (AvgIpc) is 2.31. The summed E-state index contributed by atoms with van der Waals surface area (Å²) < 4.78 is 4.88. The molecule has 8 heteroatoms. The van der Waals surface area contributed by atoms with E-state index in [1.165, 1.54) is 6.92 Å². The fraction of sp³-hybridized carbons (Fsp3) is 0.900. The highest BCUT2D eigenvalue weighted by molar-refractivity contribution is 5.75. The Kier molecular flexibility index (Phi) is 4.65. The van der Waals surface area contributed by atoms with Gasteiger partial charge in [0.05, 0.1) is 18.8 Å². The molecular weight excluding hydrogens is 248 g/mol. The summed E-state index contributed by atoms with van der Waals surface area (Å²) in [5.41, 5.74) is 0. The van der Waals surface area contributed by atoms with Crippen LogP contribution in [0.4, 0.5) is 0 Å². The normalized spacial score (nSPS) is 40.2. The van der Waals surface area contributed by atoms with Crippen LogP contribution in [0.5, 0.6) is 0 Å². The number of hydrogen-bond donors (Lipinski definition) is 6. The molecule has 18 heavy (non-hydrogen) atoms. The Morgan fingerprint density at radius 3 is 2.50 bits per heavy atom. The van der Waals surface area contributed by atoms with Gasteiger partial charge in [-0.3, -0.25) is 0 Å². The molecule has 0 radical (unpaired) electrons. The Labute approximate surface area is 103 Å². The molecule has 1 aliphatic rings. The molecule has 106 valence electrons. The third-order valence-corrected chi connectivity index (χ3v) is 3.19. The van der Waals surface area contributed by atoms with Gasteiger partial charge in [-0.05, 0) is 0 Å². The lowest BCUT2D eigenvalue weighted by Crippen LogP contribution is -2.60. The zero-order valence-electron chi connectivity index (χ0n) is 9.80. The van der Waals surface area contributed by atoms with E-state index in [4.69, 9.17) is 14.9 Å². The highest BCUT2D eigenvalue weighted by Gasteiger charge is 2.51. The van der Waals surface area contributed by atoms with Crippen molar-refractivity contribution < 1.29 is 40.2 Å². The quantitative estimate of drug-likeness (QED) is 0.321. The average molecular weight is 266 g/mol. The summed E-state index contributed by atoms with van der Waals surface area (Å²) in [5, 5.41) is 55.9. The van der Waals surface area contributed by atoms with Crippen molar-refractivity contribution in [2.45, 2.75) is 43.5 Å². The second-order valence-corrected chi connectivity index (χ2v) is 4.54. The molecule has 0 spiro atoms. The Morgan fingerprint density at radius 1 is 1.50 bits per heavy atom. The van der Waals surface area contributed by atoms with E-state index in [1.807, 2.05) is 0 Å². The fourth-order valence-electron chi connectivity index (χ4n) is 1.91. The van der Waals surface area contributed by atoms with E-state index in [0.29, 0.717) is 0 Å². The van der Waals surface area contributed by atoms with Crippen LogP contribution in [0.2, 0.25) is 0 Å². The predicted octanol–water partition coefficient (Wildman–Crippen LogP) is -2.74. The minimum Gasteiger partial charge on any atom is -0.477 e. The Balaban J connectivity index is 2.92. The second kappa shape index (κ2) is 5.47. The van der Waals surface area contributed by atoms with Crippen LogP contribution in [-0.2, 0) is 9.53 Å². The predicted molar refractivity (Wildman–Crippen MR) is 56.3 cm³/mol. The van der Waals surface area contributed by atoms with E-state index in [-0.39, 0.29) is 0 Å². The lowest BCUT2D eigenvalue weighted by atomic mass is 9.85. The van der Waals surface area contributed by atoms with Crippen molar-refractivity contribution in [3.63, 3.8) is 0 Å². The lowest BCUT2D eigenvalue weighted by Gasteiger charge is -2.43. The van der Waals surface area contributed by atoms with Crippen LogP contribution in [0.3, 0.4) is 0 Å². The second-order valence-electron chi connectivity index (χ2n) is 4.54.